The van der Waals surface area contributed by atoms with Crippen molar-refractivity contribution >= 4 is 17.5 Å². The number of carbonyl (C=O) groups excluding carboxylic acids is 1. The third-order valence-corrected chi connectivity index (χ3v) is 2.13. The predicted octanol–water partition coefficient (Wildman–Crippen LogP) is 0.243. The molecule has 1 heterocycles. The number of hydrogen-bond donors (Lipinski definition) is 1. The van der Waals surface area contributed by atoms with Crippen LogP contribution in [0, 0.1) is 24.0 Å². The highest BCUT2D eigenvalue weighted by Gasteiger charge is 2.21. The molecule has 9 heteroatoms. The van der Waals surface area contributed by atoms with Crippen molar-refractivity contribution in [3.8, 4) is 0 Å². The van der Waals surface area contributed by atoms with Crippen molar-refractivity contribution in [3.63, 3.8) is 0 Å². The molecule has 0 unspecified atom stereocenters. The van der Waals surface area contributed by atoms with Gasteiger partial charge in [-0.15, -0.1) is 0 Å². The Morgan fingerprint density at radius 1 is 1.61 bits per heavy atom. The molecule has 9 nitrogen and oxygen atoms in total. The number of aromatic nitrogens is 2. The second kappa shape index (κ2) is 5.25. The first-order valence-electron chi connectivity index (χ1n) is 5.01. The van der Waals surface area contributed by atoms with Gasteiger partial charge < -0.3 is 10.6 Å². The molecule has 0 aliphatic rings. The number of oxime groups is 1. The molecule has 2 N–H and O–H groups in total. The zero-order valence-corrected chi connectivity index (χ0v) is 10.2. The van der Waals surface area contributed by atoms with E-state index < -0.39 is 10.9 Å². The van der Waals surface area contributed by atoms with Crippen molar-refractivity contribution in [1.29, 1.82) is 0 Å². The standard InChI is InChI=1S/C9H13N5O4/c1-5-9(14(16)17)6(2)13(11-5)4-8(10)12-18-7(3)15/h4H2,1-3H3,(H2,10,12). The highest BCUT2D eigenvalue weighted by Crippen LogP contribution is 2.21. The van der Waals surface area contributed by atoms with Gasteiger partial charge in [-0.25, -0.2) is 4.79 Å². The fourth-order valence-corrected chi connectivity index (χ4v) is 1.41. The van der Waals surface area contributed by atoms with E-state index in [1.807, 2.05) is 0 Å². The van der Waals surface area contributed by atoms with Crippen LogP contribution in [0.1, 0.15) is 18.3 Å². The molecule has 0 bridgehead atoms. The van der Waals surface area contributed by atoms with E-state index in [2.05, 4.69) is 15.1 Å². The maximum atomic E-state index is 10.8. The Morgan fingerprint density at radius 2 is 2.22 bits per heavy atom. The first kappa shape index (κ1) is 13.6. The molecule has 0 radical (unpaired) electrons. The van der Waals surface area contributed by atoms with Gasteiger partial charge in [0.1, 0.15) is 17.9 Å². The first-order chi connectivity index (χ1) is 8.32. The van der Waals surface area contributed by atoms with Gasteiger partial charge in [0.2, 0.25) is 0 Å². The van der Waals surface area contributed by atoms with Crippen molar-refractivity contribution < 1.29 is 14.6 Å². The van der Waals surface area contributed by atoms with Crippen molar-refractivity contribution in [1.82, 2.24) is 9.78 Å². The second-order valence-electron chi connectivity index (χ2n) is 3.60. The van der Waals surface area contributed by atoms with Crippen LogP contribution in [0.4, 0.5) is 5.69 Å². The van der Waals surface area contributed by atoms with Crippen molar-refractivity contribution in [2.75, 3.05) is 0 Å². The van der Waals surface area contributed by atoms with E-state index in [0.29, 0.717) is 5.69 Å². The van der Waals surface area contributed by atoms with Gasteiger partial charge in [-0.05, 0) is 13.8 Å². The summed E-state index contributed by atoms with van der Waals surface area (Å²) < 4.78 is 1.33. The summed E-state index contributed by atoms with van der Waals surface area (Å²) in [5.74, 6) is -0.608. The summed E-state index contributed by atoms with van der Waals surface area (Å²) in [6.07, 6.45) is 0. The van der Waals surface area contributed by atoms with Crippen LogP contribution in [0.25, 0.3) is 0 Å². The second-order valence-corrected chi connectivity index (χ2v) is 3.60. The summed E-state index contributed by atoms with van der Waals surface area (Å²) in [4.78, 5) is 25.1. The normalized spacial score (nSPS) is 11.4. The predicted molar refractivity (Wildman–Crippen MR) is 61.7 cm³/mol. The maximum absolute atomic E-state index is 10.8. The molecule has 1 aromatic heterocycles. The molecule has 0 aliphatic carbocycles. The van der Waals surface area contributed by atoms with E-state index >= 15 is 0 Å². The lowest BCUT2D eigenvalue weighted by atomic mass is 10.3. The Bertz CT molecular complexity index is 519. The van der Waals surface area contributed by atoms with Gasteiger partial charge >= 0.3 is 11.7 Å². The number of amidine groups is 1. The Hall–Kier alpha value is -2.45. The van der Waals surface area contributed by atoms with Gasteiger partial charge in [0.05, 0.1) is 4.92 Å². The van der Waals surface area contributed by atoms with Crippen LogP contribution in [-0.2, 0) is 16.2 Å². The van der Waals surface area contributed by atoms with Gasteiger partial charge in [0.15, 0.2) is 5.84 Å². The monoisotopic (exact) mass is 255 g/mol. The first-order valence-corrected chi connectivity index (χ1v) is 5.01. The van der Waals surface area contributed by atoms with E-state index in [1.165, 1.54) is 18.5 Å². The van der Waals surface area contributed by atoms with Crippen LogP contribution in [-0.4, -0.2) is 26.5 Å². The van der Waals surface area contributed by atoms with Crippen molar-refractivity contribution in [2.24, 2.45) is 10.9 Å². The number of nitrogens with zero attached hydrogens (tertiary/aromatic N) is 4. The molecular weight excluding hydrogens is 242 g/mol. The van der Waals surface area contributed by atoms with Gasteiger partial charge in [0.25, 0.3) is 0 Å². The lowest BCUT2D eigenvalue weighted by molar-refractivity contribution is -0.386. The van der Waals surface area contributed by atoms with Crippen LogP contribution in [0.2, 0.25) is 0 Å². The number of nitro groups is 1. The molecule has 0 aliphatic heterocycles. The molecule has 0 fully saturated rings. The fraction of sp³-hybridized carbons (Fsp3) is 0.444. The van der Waals surface area contributed by atoms with Gasteiger partial charge in [0, 0.05) is 6.92 Å². The van der Waals surface area contributed by atoms with Crippen LogP contribution in [0.5, 0.6) is 0 Å². The fourth-order valence-electron chi connectivity index (χ4n) is 1.41. The number of hydrogen-bond acceptors (Lipinski definition) is 6. The number of aryl methyl sites for hydroxylation is 1. The molecule has 0 atom stereocenters. The molecule has 0 saturated carbocycles. The van der Waals surface area contributed by atoms with Gasteiger partial charge in [-0.2, -0.15) is 5.10 Å². The third-order valence-electron chi connectivity index (χ3n) is 2.13. The van der Waals surface area contributed by atoms with E-state index in [1.54, 1.807) is 6.92 Å². The Kier molecular flexibility index (Phi) is 3.97. The molecule has 0 spiro atoms. The van der Waals surface area contributed by atoms with Crippen LogP contribution < -0.4 is 5.73 Å². The Balaban J connectivity index is 2.92. The summed E-state index contributed by atoms with van der Waals surface area (Å²) in [5.41, 5.74) is 6.09. The molecule has 98 valence electrons. The van der Waals surface area contributed by atoms with Crippen LogP contribution >= 0.6 is 0 Å². The van der Waals surface area contributed by atoms with E-state index in [4.69, 9.17) is 5.73 Å². The van der Waals surface area contributed by atoms with E-state index in [9.17, 15) is 14.9 Å². The SMILES string of the molecule is CC(=O)O/N=C(\N)Cn1nc(C)c([N+](=O)[O-])c1C. The summed E-state index contributed by atoms with van der Waals surface area (Å²) >= 11 is 0. The number of rotatable bonds is 4. The summed E-state index contributed by atoms with van der Waals surface area (Å²) in [7, 11) is 0. The molecule has 1 rings (SSSR count). The smallest absolute Gasteiger partial charge is 0.332 e. The number of carbonyl (C=O) groups is 1. The van der Waals surface area contributed by atoms with E-state index in [0.717, 1.165) is 0 Å². The lowest BCUT2D eigenvalue weighted by Gasteiger charge is -2.02. The maximum Gasteiger partial charge on any atom is 0.332 e. The minimum atomic E-state index is -0.600. The van der Waals surface area contributed by atoms with Crippen LogP contribution in [0.3, 0.4) is 0 Å². The highest BCUT2D eigenvalue weighted by molar-refractivity contribution is 5.80. The summed E-state index contributed by atoms with van der Waals surface area (Å²) in [6.45, 7) is 4.27. The summed E-state index contributed by atoms with van der Waals surface area (Å²) in [6, 6.07) is 0. The quantitative estimate of drug-likeness (QED) is 0.270. The van der Waals surface area contributed by atoms with Crippen molar-refractivity contribution in [3.05, 3.63) is 21.5 Å². The highest BCUT2D eigenvalue weighted by atomic mass is 16.7. The molecule has 18 heavy (non-hydrogen) atoms. The summed E-state index contributed by atoms with van der Waals surface area (Å²) in [5, 5.41) is 18.1. The minimum absolute atomic E-state index is 0.00773. The average molecular weight is 255 g/mol. The Morgan fingerprint density at radius 3 is 2.67 bits per heavy atom. The third kappa shape index (κ3) is 3.03. The largest absolute Gasteiger partial charge is 0.383 e. The molecule has 0 saturated heterocycles. The van der Waals surface area contributed by atoms with E-state index in [-0.39, 0.29) is 23.8 Å². The zero-order valence-electron chi connectivity index (χ0n) is 10.2. The average Bonchev–Trinajstić information content (AvgIpc) is 2.51. The molecule has 0 aromatic carbocycles. The van der Waals surface area contributed by atoms with Gasteiger partial charge in [-0.1, -0.05) is 5.16 Å². The molecule has 1 aromatic rings. The van der Waals surface area contributed by atoms with Crippen LogP contribution in [0.15, 0.2) is 5.16 Å². The lowest BCUT2D eigenvalue weighted by Crippen LogP contribution is -2.22. The van der Waals surface area contributed by atoms with Crippen molar-refractivity contribution in [2.45, 2.75) is 27.3 Å². The Labute approximate surface area is 102 Å². The molecular formula is C9H13N5O4. The minimum Gasteiger partial charge on any atom is -0.383 e. The molecule has 0 amide bonds. The zero-order chi connectivity index (χ0) is 13.9. The topological polar surface area (TPSA) is 126 Å². The van der Waals surface area contributed by atoms with Gasteiger partial charge in [-0.3, -0.25) is 14.8 Å². The number of nitrogens with two attached hydrogens (primary N) is 1.